The van der Waals surface area contributed by atoms with E-state index < -0.39 is 0 Å². The molecule has 2 unspecified atom stereocenters. The van der Waals surface area contributed by atoms with Gasteiger partial charge in [-0.1, -0.05) is 0 Å². The van der Waals surface area contributed by atoms with Gasteiger partial charge in [-0.2, -0.15) is 0 Å². The molecule has 3 rings (SSSR count). The number of hydrogen-bond donors (Lipinski definition) is 2. The highest BCUT2D eigenvalue weighted by atomic mass is 16.3. The van der Waals surface area contributed by atoms with Gasteiger partial charge in [-0.15, -0.1) is 0 Å². The van der Waals surface area contributed by atoms with Crippen LogP contribution >= 0.6 is 0 Å². The minimum absolute atomic E-state index is 0.305. The van der Waals surface area contributed by atoms with Crippen molar-refractivity contribution in [2.75, 3.05) is 26.2 Å². The first-order chi connectivity index (χ1) is 4.88. The first-order valence-corrected chi connectivity index (χ1v) is 3.98. The molecule has 3 saturated heterocycles. The number of piperazine rings is 1. The Bertz CT molecular complexity index is 113. The zero-order valence-corrected chi connectivity index (χ0v) is 6.08. The summed E-state index contributed by atoms with van der Waals surface area (Å²) in [7, 11) is 0. The number of aliphatic hydroxyl groups is 1. The van der Waals surface area contributed by atoms with Crippen molar-refractivity contribution in [2.24, 2.45) is 0 Å². The predicted molar refractivity (Wildman–Crippen MR) is 38.9 cm³/mol. The molecule has 0 aliphatic carbocycles. The van der Waals surface area contributed by atoms with E-state index in [1.54, 1.807) is 0 Å². The summed E-state index contributed by atoms with van der Waals surface area (Å²) in [5.74, 6) is 0. The summed E-state index contributed by atoms with van der Waals surface area (Å²) >= 11 is 0. The molecule has 0 aromatic rings. The Morgan fingerprint density at radius 1 is 1.40 bits per heavy atom. The maximum absolute atomic E-state index is 8.66. The zero-order valence-electron chi connectivity index (χ0n) is 6.08. The van der Waals surface area contributed by atoms with Crippen molar-refractivity contribution in [1.82, 2.24) is 10.2 Å². The number of hydrogen-bond acceptors (Lipinski definition) is 3. The SMILES string of the molecule is OCCN1CC2CC(C1)N2. The van der Waals surface area contributed by atoms with E-state index in [1.165, 1.54) is 6.42 Å². The van der Waals surface area contributed by atoms with Crippen molar-refractivity contribution >= 4 is 0 Å². The van der Waals surface area contributed by atoms with Crippen molar-refractivity contribution in [3.8, 4) is 0 Å². The fourth-order valence-corrected chi connectivity index (χ4v) is 1.93. The van der Waals surface area contributed by atoms with Crippen molar-refractivity contribution < 1.29 is 5.11 Å². The van der Waals surface area contributed by atoms with E-state index in [-0.39, 0.29) is 0 Å². The Kier molecular flexibility index (Phi) is 1.64. The highest BCUT2D eigenvalue weighted by molar-refractivity contribution is 4.97. The van der Waals surface area contributed by atoms with Crippen LogP contribution in [0.15, 0.2) is 0 Å². The number of nitrogens with zero attached hydrogens (tertiary/aromatic N) is 1. The van der Waals surface area contributed by atoms with Crippen molar-refractivity contribution in [1.29, 1.82) is 0 Å². The van der Waals surface area contributed by atoms with E-state index in [4.69, 9.17) is 5.11 Å². The molecule has 0 saturated carbocycles. The fraction of sp³-hybridized carbons (Fsp3) is 1.00. The molecule has 2 N–H and O–H groups in total. The van der Waals surface area contributed by atoms with Crippen LogP contribution in [0.1, 0.15) is 6.42 Å². The highest BCUT2D eigenvalue weighted by Gasteiger charge is 2.35. The number of aliphatic hydroxyl groups excluding tert-OH is 1. The summed E-state index contributed by atoms with van der Waals surface area (Å²) in [4.78, 5) is 2.33. The summed E-state index contributed by atoms with van der Waals surface area (Å²) < 4.78 is 0. The third-order valence-corrected chi connectivity index (χ3v) is 2.41. The van der Waals surface area contributed by atoms with Gasteiger partial charge in [0.1, 0.15) is 0 Å². The maximum atomic E-state index is 8.66. The van der Waals surface area contributed by atoms with Crippen LogP contribution in [0.25, 0.3) is 0 Å². The molecule has 3 heteroatoms. The average molecular weight is 142 g/mol. The zero-order chi connectivity index (χ0) is 6.97. The molecule has 3 aliphatic rings. The van der Waals surface area contributed by atoms with Gasteiger partial charge in [0.15, 0.2) is 0 Å². The van der Waals surface area contributed by atoms with Crippen LogP contribution < -0.4 is 5.32 Å². The first kappa shape index (κ1) is 6.58. The second-order valence-electron chi connectivity index (χ2n) is 3.28. The van der Waals surface area contributed by atoms with E-state index in [0.29, 0.717) is 6.61 Å². The average Bonchev–Trinajstić information content (AvgIpc) is 1.87. The molecule has 3 heterocycles. The highest BCUT2D eigenvalue weighted by Crippen LogP contribution is 2.19. The van der Waals surface area contributed by atoms with Crippen molar-refractivity contribution in [3.63, 3.8) is 0 Å². The second-order valence-corrected chi connectivity index (χ2v) is 3.28. The fourth-order valence-electron chi connectivity index (χ4n) is 1.93. The van der Waals surface area contributed by atoms with E-state index in [9.17, 15) is 0 Å². The van der Waals surface area contributed by atoms with Crippen LogP contribution in [0, 0.1) is 0 Å². The molecule has 2 bridgehead atoms. The minimum atomic E-state index is 0.305. The molecule has 3 fully saturated rings. The van der Waals surface area contributed by atoms with Gasteiger partial charge in [0.2, 0.25) is 0 Å². The van der Waals surface area contributed by atoms with E-state index in [1.807, 2.05) is 0 Å². The molecule has 3 aliphatic heterocycles. The molecule has 0 amide bonds. The minimum Gasteiger partial charge on any atom is -0.395 e. The van der Waals surface area contributed by atoms with Crippen LogP contribution in [0.5, 0.6) is 0 Å². The summed E-state index contributed by atoms with van der Waals surface area (Å²) in [6.07, 6.45) is 1.35. The molecule has 0 aromatic carbocycles. The molecule has 3 nitrogen and oxygen atoms in total. The topological polar surface area (TPSA) is 35.5 Å². The van der Waals surface area contributed by atoms with Crippen LogP contribution in [0.4, 0.5) is 0 Å². The summed E-state index contributed by atoms with van der Waals surface area (Å²) in [6, 6.07) is 1.45. The molecular weight excluding hydrogens is 128 g/mol. The summed E-state index contributed by atoms with van der Waals surface area (Å²) in [5, 5.41) is 12.1. The Hall–Kier alpha value is -0.120. The van der Waals surface area contributed by atoms with Crippen LogP contribution in [0.3, 0.4) is 0 Å². The smallest absolute Gasteiger partial charge is 0.0558 e. The number of rotatable bonds is 2. The van der Waals surface area contributed by atoms with Gasteiger partial charge in [-0.05, 0) is 6.42 Å². The summed E-state index contributed by atoms with van der Waals surface area (Å²) in [5.41, 5.74) is 0. The third-order valence-electron chi connectivity index (χ3n) is 2.41. The Morgan fingerprint density at radius 2 is 2.00 bits per heavy atom. The van der Waals surface area contributed by atoms with Gasteiger partial charge in [0.25, 0.3) is 0 Å². The lowest BCUT2D eigenvalue weighted by Gasteiger charge is -2.48. The quantitative estimate of drug-likeness (QED) is 0.520. The van der Waals surface area contributed by atoms with Crippen LogP contribution in [-0.4, -0.2) is 48.3 Å². The lowest BCUT2D eigenvalue weighted by atomic mass is 9.91. The molecule has 0 spiro atoms. The number of piperidine rings is 1. The lowest BCUT2D eigenvalue weighted by Crippen LogP contribution is -2.66. The van der Waals surface area contributed by atoms with Gasteiger partial charge in [0, 0.05) is 31.7 Å². The van der Waals surface area contributed by atoms with Crippen molar-refractivity contribution in [2.45, 2.75) is 18.5 Å². The van der Waals surface area contributed by atoms with Crippen molar-refractivity contribution in [3.05, 3.63) is 0 Å². The van der Waals surface area contributed by atoms with E-state index in [0.717, 1.165) is 31.7 Å². The van der Waals surface area contributed by atoms with Crippen LogP contribution in [0.2, 0.25) is 0 Å². The molecular formula is C7H14N2O. The molecule has 0 radical (unpaired) electrons. The maximum Gasteiger partial charge on any atom is 0.0558 e. The Morgan fingerprint density at radius 3 is 2.50 bits per heavy atom. The summed E-state index contributed by atoms with van der Waals surface area (Å²) in [6.45, 7) is 3.43. The predicted octanol–water partition coefficient (Wildman–Crippen LogP) is -0.975. The van der Waals surface area contributed by atoms with E-state index in [2.05, 4.69) is 10.2 Å². The van der Waals surface area contributed by atoms with Crippen LogP contribution in [-0.2, 0) is 0 Å². The van der Waals surface area contributed by atoms with Gasteiger partial charge in [-0.3, -0.25) is 4.90 Å². The largest absolute Gasteiger partial charge is 0.395 e. The van der Waals surface area contributed by atoms with Gasteiger partial charge in [0.05, 0.1) is 6.61 Å². The lowest BCUT2D eigenvalue weighted by molar-refractivity contribution is 0.0645. The number of fused-ring (bicyclic) bond motifs is 2. The third kappa shape index (κ3) is 1.05. The molecule has 2 atom stereocenters. The molecule has 0 aromatic heterocycles. The molecule has 10 heavy (non-hydrogen) atoms. The number of nitrogens with one attached hydrogen (secondary N) is 1. The Balaban J connectivity index is 1.80. The Labute approximate surface area is 61.0 Å². The van der Waals surface area contributed by atoms with Gasteiger partial charge >= 0.3 is 0 Å². The molecule has 58 valence electrons. The van der Waals surface area contributed by atoms with Gasteiger partial charge < -0.3 is 10.4 Å². The van der Waals surface area contributed by atoms with Gasteiger partial charge in [-0.25, -0.2) is 0 Å². The standard InChI is InChI=1S/C7H14N2O/c10-2-1-9-4-6-3-7(5-9)8-6/h6-8,10H,1-5H2. The first-order valence-electron chi connectivity index (χ1n) is 3.98. The van der Waals surface area contributed by atoms with E-state index >= 15 is 0 Å². The normalized spacial score (nSPS) is 39.3. The second kappa shape index (κ2) is 2.49. The monoisotopic (exact) mass is 142 g/mol.